The van der Waals surface area contributed by atoms with E-state index < -0.39 is 161 Å². The van der Waals surface area contributed by atoms with E-state index in [2.05, 4.69) is 20.8 Å². The van der Waals surface area contributed by atoms with Gasteiger partial charge in [-0.05, 0) is 105 Å². The summed E-state index contributed by atoms with van der Waals surface area (Å²) < 4.78 is 61.0. The van der Waals surface area contributed by atoms with Crippen molar-refractivity contribution in [3.63, 3.8) is 0 Å². The normalized spacial score (nSPS) is 55.8. The minimum Gasteiger partial charge on any atom is -0.394 e. The minimum absolute atomic E-state index is 0.0183. The maximum absolute atomic E-state index is 12.2. The van der Waals surface area contributed by atoms with Gasteiger partial charge in [0.1, 0.15) is 91.6 Å². The van der Waals surface area contributed by atoms with Gasteiger partial charge < -0.3 is 119 Å². The van der Waals surface area contributed by atoms with Gasteiger partial charge in [0.05, 0.1) is 50.8 Å². The number of methoxy groups -OCH3 is 1. The summed E-state index contributed by atoms with van der Waals surface area (Å²) in [5, 5.41) is 149. The van der Waals surface area contributed by atoms with Gasteiger partial charge in [0.2, 0.25) is 0 Å². The molecule has 14 N–H and O–H groups in total. The fraction of sp³-hybridized carbons (Fsp3) is 1.00. The SMILES string of the molecule is COC1(CC[C@@H](C)CO[C@@H]2O[C@H](CO)[C@@H](O)[C@H](O)[C@H]2O)OC2C[C@H]3[C@@H]4CC[C@H]5C[C@@H](O[C@@H]6O[C@H](CO)[C@H](O[C@@H]7O[C@H](CO)[C@@H](O)[C@H](O)[C@H]7O)[C@H](O)[C@H]6O[C@@H]6O[C@@H](C)[C@H](O)[C@@H](O)[C@H]6O)[C@H](O)C[C@]5(C)[C@H]4CC[C@]3(C)C2[C@@H]1C. The van der Waals surface area contributed by atoms with Crippen LogP contribution in [0.1, 0.15) is 92.4 Å². The largest absolute Gasteiger partial charge is 0.394 e. The summed E-state index contributed by atoms with van der Waals surface area (Å²) in [6, 6.07) is 0. The van der Waals surface area contributed by atoms with E-state index in [-0.39, 0.29) is 47.2 Å². The lowest BCUT2D eigenvalue weighted by Gasteiger charge is -2.62. The molecular formula is C52H88O24. The van der Waals surface area contributed by atoms with Crippen molar-refractivity contribution in [1.82, 2.24) is 0 Å². The van der Waals surface area contributed by atoms with Crippen molar-refractivity contribution in [2.45, 2.75) is 239 Å². The van der Waals surface area contributed by atoms with Crippen molar-refractivity contribution >= 4 is 0 Å². The van der Waals surface area contributed by atoms with Gasteiger partial charge in [-0.15, -0.1) is 0 Å². The lowest BCUT2D eigenvalue weighted by Crippen LogP contribution is -2.67. The van der Waals surface area contributed by atoms with E-state index in [4.69, 9.17) is 47.4 Å². The molecule has 9 rings (SSSR count). The molecule has 76 heavy (non-hydrogen) atoms. The first-order chi connectivity index (χ1) is 36.0. The second-order valence-corrected chi connectivity index (χ2v) is 24.6. The number of hydrogen-bond acceptors (Lipinski definition) is 24. The van der Waals surface area contributed by atoms with Crippen molar-refractivity contribution in [1.29, 1.82) is 0 Å². The molecule has 0 bridgehead atoms. The van der Waals surface area contributed by atoms with Gasteiger partial charge in [-0.3, -0.25) is 0 Å². The molecule has 0 aromatic carbocycles. The Balaban J connectivity index is 0.855. The fourth-order valence-corrected chi connectivity index (χ4v) is 16.0. The Hall–Kier alpha value is -0.960. The summed E-state index contributed by atoms with van der Waals surface area (Å²) in [6.07, 6.45) is -26.2. The number of aliphatic hydroxyl groups is 14. The van der Waals surface area contributed by atoms with Gasteiger partial charge in [0.25, 0.3) is 0 Å². The second-order valence-electron chi connectivity index (χ2n) is 24.6. The molecule has 0 radical (unpaired) electrons. The van der Waals surface area contributed by atoms with Crippen LogP contribution in [0.3, 0.4) is 0 Å². The highest BCUT2D eigenvalue weighted by Gasteiger charge is 2.69. The molecule has 5 saturated heterocycles. The van der Waals surface area contributed by atoms with Crippen LogP contribution in [0.4, 0.5) is 0 Å². The highest BCUT2D eigenvalue weighted by molar-refractivity contribution is 5.16. The van der Waals surface area contributed by atoms with Crippen molar-refractivity contribution in [3.05, 3.63) is 0 Å². The van der Waals surface area contributed by atoms with E-state index in [0.29, 0.717) is 43.4 Å². The molecule has 0 aromatic heterocycles. The average molecular weight is 1100 g/mol. The molecule has 24 nitrogen and oxygen atoms in total. The predicted octanol–water partition coefficient (Wildman–Crippen LogP) is -3.30. The Morgan fingerprint density at radius 3 is 1.79 bits per heavy atom. The maximum atomic E-state index is 12.2. The van der Waals surface area contributed by atoms with Gasteiger partial charge in [-0.2, -0.15) is 0 Å². The van der Waals surface area contributed by atoms with Gasteiger partial charge in [-0.25, -0.2) is 0 Å². The number of ether oxygens (including phenoxy) is 10. The summed E-state index contributed by atoms with van der Waals surface area (Å²) in [5.41, 5.74) is -0.305. The summed E-state index contributed by atoms with van der Waals surface area (Å²) in [5.74, 6) is 0.611. The summed E-state index contributed by atoms with van der Waals surface area (Å²) in [7, 11) is 1.70. The molecule has 5 aliphatic heterocycles. The first-order valence-electron chi connectivity index (χ1n) is 27.7. The van der Waals surface area contributed by atoms with Crippen LogP contribution in [0.15, 0.2) is 0 Å². The number of rotatable bonds is 16. The zero-order chi connectivity index (χ0) is 55.1. The van der Waals surface area contributed by atoms with Crippen molar-refractivity contribution in [2.24, 2.45) is 52.3 Å². The van der Waals surface area contributed by atoms with Crippen molar-refractivity contribution in [2.75, 3.05) is 33.5 Å². The third kappa shape index (κ3) is 10.5. The molecule has 4 saturated carbocycles. The van der Waals surface area contributed by atoms with E-state index in [0.717, 1.165) is 32.1 Å². The lowest BCUT2D eigenvalue weighted by atomic mass is 9.44. The molecule has 0 aromatic rings. The monoisotopic (exact) mass is 1100 g/mol. The minimum atomic E-state index is -1.88. The van der Waals surface area contributed by atoms with Gasteiger partial charge in [0.15, 0.2) is 30.9 Å². The summed E-state index contributed by atoms with van der Waals surface area (Å²) in [6.45, 7) is 8.50. The van der Waals surface area contributed by atoms with Crippen LogP contribution in [0.2, 0.25) is 0 Å². The topological polar surface area (TPSA) is 376 Å². The first kappa shape index (κ1) is 59.7. The van der Waals surface area contributed by atoms with E-state index in [9.17, 15) is 71.5 Å². The van der Waals surface area contributed by atoms with Gasteiger partial charge in [-0.1, -0.05) is 27.7 Å². The van der Waals surface area contributed by atoms with Crippen LogP contribution in [0, 0.1) is 52.3 Å². The van der Waals surface area contributed by atoms with E-state index in [1.807, 2.05) is 6.92 Å². The predicted molar refractivity (Wildman–Crippen MR) is 256 cm³/mol. The third-order valence-corrected chi connectivity index (χ3v) is 20.4. The highest BCUT2D eigenvalue weighted by Crippen LogP contribution is 2.71. The molecule has 3 unspecified atom stereocenters. The van der Waals surface area contributed by atoms with Crippen LogP contribution in [-0.4, -0.2) is 252 Å². The first-order valence-corrected chi connectivity index (χ1v) is 27.7. The highest BCUT2D eigenvalue weighted by atomic mass is 16.8. The molecule has 0 amide bonds. The molecule has 24 heteroatoms. The smallest absolute Gasteiger partial charge is 0.187 e. The molecule has 4 aliphatic carbocycles. The van der Waals surface area contributed by atoms with Gasteiger partial charge in [0, 0.05) is 19.4 Å². The zero-order valence-corrected chi connectivity index (χ0v) is 44.4. The Kier molecular flexibility index (Phi) is 18.3. The molecule has 9 aliphatic rings. The van der Waals surface area contributed by atoms with E-state index in [1.165, 1.54) is 6.92 Å². The molecule has 0 spiro atoms. The van der Waals surface area contributed by atoms with E-state index in [1.54, 1.807) is 7.11 Å². The standard InChI is InChI=1S/C52H88O24/c1-20(19-68-46-40(63)38(61)35(58)30(16-53)71-46)9-12-52(67-6)21(2)33-29(76-52)14-26-24-8-7-23-13-28(27(56)15-51(23,5)25(24)10-11-50(26,33)4)70-49-45(75-47-41(64)37(60)34(57)22(3)69-47)43(66)44(32(18-55)73-49)74-48-42(65)39(62)36(59)31(17-54)72-48/h20-49,53-66H,7-19H2,1-6H3/t20-,21+,22+,23+,24-,25+,26+,27-,28-,29?,30-,31-,32-,33?,34+,35-,36-,37-,38+,39+,40-,41-,42-,43+,44+,45-,46-,47+,48+,49-,50+,51+,52?/m1/s1. The van der Waals surface area contributed by atoms with Crippen LogP contribution in [0.25, 0.3) is 0 Å². The molecule has 9 fully saturated rings. The Bertz CT molecular complexity index is 1910. The van der Waals surface area contributed by atoms with Crippen molar-refractivity contribution in [3.8, 4) is 0 Å². The van der Waals surface area contributed by atoms with Crippen LogP contribution in [-0.2, 0) is 47.4 Å². The third-order valence-electron chi connectivity index (χ3n) is 20.4. The number of aliphatic hydroxyl groups excluding tert-OH is 14. The Labute approximate surface area is 443 Å². The van der Waals surface area contributed by atoms with Crippen LogP contribution < -0.4 is 0 Å². The quantitative estimate of drug-likeness (QED) is 0.0673. The number of fused-ring (bicyclic) bond motifs is 7. The second kappa shape index (κ2) is 23.4. The Morgan fingerprint density at radius 2 is 1.16 bits per heavy atom. The van der Waals surface area contributed by atoms with Gasteiger partial charge >= 0.3 is 0 Å². The summed E-state index contributed by atoms with van der Waals surface area (Å²) in [4.78, 5) is 0. The number of hydrogen-bond donors (Lipinski definition) is 14. The fourth-order valence-electron chi connectivity index (χ4n) is 16.0. The zero-order valence-electron chi connectivity index (χ0n) is 44.4. The molecular weight excluding hydrogens is 1010 g/mol. The molecule has 5 heterocycles. The maximum Gasteiger partial charge on any atom is 0.187 e. The molecule has 33 atom stereocenters. The van der Waals surface area contributed by atoms with Crippen LogP contribution >= 0.6 is 0 Å². The summed E-state index contributed by atoms with van der Waals surface area (Å²) >= 11 is 0. The van der Waals surface area contributed by atoms with Crippen LogP contribution in [0.5, 0.6) is 0 Å². The molecule has 440 valence electrons. The Morgan fingerprint density at radius 1 is 0.579 bits per heavy atom. The lowest BCUT2D eigenvalue weighted by molar-refractivity contribution is -0.392. The van der Waals surface area contributed by atoms with Crippen molar-refractivity contribution < 1.29 is 119 Å². The average Bonchev–Trinajstić information content (AvgIpc) is 4.02. The van der Waals surface area contributed by atoms with E-state index >= 15 is 0 Å².